The molecular formula is C23H28N6O2S. The van der Waals surface area contributed by atoms with Gasteiger partial charge in [0.15, 0.2) is 5.16 Å². The molecule has 1 fully saturated rings. The summed E-state index contributed by atoms with van der Waals surface area (Å²) in [5, 5.41) is 11.8. The quantitative estimate of drug-likeness (QED) is 0.526. The van der Waals surface area contributed by atoms with E-state index in [1.54, 1.807) is 6.33 Å². The lowest BCUT2D eigenvalue weighted by Gasteiger charge is -2.27. The number of carbonyl (C=O) groups is 1. The van der Waals surface area contributed by atoms with E-state index in [0.29, 0.717) is 17.6 Å². The third-order valence-electron chi connectivity index (χ3n) is 5.32. The number of rotatable bonds is 8. The minimum absolute atomic E-state index is 0.0584. The maximum atomic E-state index is 12.4. The molecule has 1 saturated heterocycles. The van der Waals surface area contributed by atoms with Gasteiger partial charge in [-0.25, -0.2) is 4.98 Å². The molecule has 0 atom stereocenters. The van der Waals surface area contributed by atoms with E-state index in [2.05, 4.69) is 63.5 Å². The van der Waals surface area contributed by atoms with E-state index in [1.165, 1.54) is 17.3 Å². The van der Waals surface area contributed by atoms with Crippen LogP contribution in [0.3, 0.4) is 0 Å². The molecule has 3 heterocycles. The van der Waals surface area contributed by atoms with Crippen LogP contribution in [0.15, 0.2) is 54.1 Å². The summed E-state index contributed by atoms with van der Waals surface area (Å²) in [4.78, 5) is 19.1. The largest absolute Gasteiger partial charge is 0.378 e. The molecule has 0 radical (unpaired) electrons. The zero-order chi connectivity index (χ0) is 22.3. The summed E-state index contributed by atoms with van der Waals surface area (Å²) < 4.78 is 7.28. The van der Waals surface area contributed by atoms with Crippen LogP contribution in [0, 0.1) is 0 Å². The van der Waals surface area contributed by atoms with Gasteiger partial charge in [0, 0.05) is 31.5 Å². The van der Waals surface area contributed by atoms with Crippen LogP contribution in [0.5, 0.6) is 0 Å². The number of amides is 1. The topological polar surface area (TPSA) is 85.2 Å². The van der Waals surface area contributed by atoms with Crippen LogP contribution in [0.4, 0.5) is 5.82 Å². The summed E-state index contributed by atoms with van der Waals surface area (Å²) in [5.74, 6) is 1.63. The van der Waals surface area contributed by atoms with Crippen LogP contribution < -0.4 is 10.2 Å². The summed E-state index contributed by atoms with van der Waals surface area (Å²) in [6.07, 6.45) is 3.49. The number of benzene rings is 1. The Kier molecular flexibility index (Phi) is 7.39. The first kappa shape index (κ1) is 22.3. The molecular weight excluding hydrogens is 424 g/mol. The molecule has 8 nitrogen and oxygen atoms in total. The van der Waals surface area contributed by atoms with Crippen LogP contribution in [0.2, 0.25) is 0 Å². The summed E-state index contributed by atoms with van der Waals surface area (Å²) in [5.41, 5.74) is 3.23. The Balaban J connectivity index is 1.27. The first-order valence-corrected chi connectivity index (χ1v) is 11.8. The average molecular weight is 453 g/mol. The Hall–Kier alpha value is -2.91. The van der Waals surface area contributed by atoms with Crippen LogP contribution in [0.1, 0.15) is 30.9 Å². The number of hydrogen-bond donors (Lipinski definition) is 1. The molecule has 0 unspecified atom stereocenters. The van der Waals surface area contributed by atoms with Gasteiger partial charge >= 0.3 is 0 Å². The normalized spacial score (nSPS) is 14.0. The van der Waals surface area contributed by atoms with Crippen molar-refractivity contribution in [3.05, 3.63) is 60.0 Å². The van der Waals surface area contributed by atoms with Gasteiger partial charge in [-0.2, -0.15) is 0 Å². The first-order chi connectivity index (χ1) is 15.6. The Labute approximate surface area is 192 Å². The predicted octanol–water partition coefficient (Wildman–Crippen LogP) is 3.03. The molecule has 1 amide bonds. The average Bonchev–Trinajstić information content (AvgIpc) is 3.31. The maximum absolute atomic E-state index is 12.4. The highest BCUT2D eigenvalue weighted by atomic mass is 32.2. The van der Waals surface area contributed by atoms with Crippen molar-refractivity contribution in [2.75, 3.05) is 37.0 Å². The third-order valence-corrected chi connectivity index (χ3v) is 6.26. The molecule has 0 saturated carbocycles. The van der Waals surface area contributed by atoms with Crippen molar-refractivity contribution in [1.29, 1.82) is 0 Å². The molecule has 0 spiro atoms. The summed E-state index contributed by atoms with van der Waals surface area (Å²) in [6.45, 7) is 7.95. The highest BCUT2D eigenvalue weighted by Crippen LogP contribution is 2.22. The van der Waals surface area contributed by atoms with Gasteiger partial charge in [-0.3, -0.25) is 9.36 Å². The second-order valence-corrected chi connectivity index (χ2v) is 8.86. The number of thioether (sulfide) groups is 1. The highest BCUT2D eigenvalue weighted by Gasteiger charge is 2.13. The number of ether oxygens (including phenoxy) is 1. The smallest absolute Gasteiger partial charge is 0.230 e. The monoisotopic (exact) mass is 452 g/mol. The van der Waals surface area contributed by atoms with E-state index in [0.717, 1.165) is 43.4 Å². The van der Waals surface area contributed by atoms with Crippen molar-refractivity contribution in [2.45, 2.75) is 31.5 Å². The van der Waals surface area contributed by atoms with E-state index in [1.807, 2.05) is 22.9 Å². The van der Waals surface area contributed by atoms with Crippen LogP contribution in [-0.4, -0.2) is 57.7 Å². The molecule has 0 bridgehead atoms. The number of hydrogen-bond acceptors (Lipinski definition) is 7. The third kappa shape index (κ3) is 5.66. The molecule has 9 heteroatoms. The Morgan fingerprint density at radius 3 is 2.62 bits per heavy atom. The fourth-order valence-electron chi connectivity index (χ4n) is 3.40. The Morgan fingerprint density at radius 1 is 1.16 bits per heavy atom. The lowest BCUT2D eigenvalue weighted by Crippen LogP contribution is -2.36. The van der Waals surface area contributed by atoms with Crippen molar-refractivity contribution < 1.29 is 9.53 Å². The standard InChI is InChI=1S/C23H28N6O2S/c1-17(2)19-4-6-20(7-5-19)29-16-26-27-23(29)32-15-22(30)25-14-18-3-8-21(24-13-18)28-9-11-31-12-10-28/h3-8,13,16-17H,9-12,14-15H2,1-2H3,(H,25,30). The molecule has 1 aliphatic heterocycles. The minimum Gasteiger partial charge on any atom is -0.378 e. The SMILES string of the molecule is CC(C)c1ccc(-n2cnnc2SCC(=O)NCc2ccc(N3CCOCC3)nc2)cc1. The van der Waals surface area contributed by atoms with Crippen molar-refractivity contribution in [2.24, 2.45) is 0 Å². The number of nitrogens with zero attached hydrogens (tertiary/aromatic N) is 5. The van der Waals surface area contributed by atoms with Crippen molar-refractivity contribution in [3.8, 4) is 5.69 Å². The van der Waals surface area contributed by atoms with Gasteiger partial charge in [0.05, 0.1) is 19.0 Å². The van der Waals surface area contributed by atoms with Crippen LogP contribution >= 0.6 is 11.8 Å². The zero-order valence-electron chi connectivity index (χ0n) is 18.4. The Morgan fingerprint density at radius 2 is 1.94 bits per heavy atom. The zero-order valence-corrected chi connectivity index (χ0v) is 19.2. The number of nitrogens with one attached hydrogen (secondary N) is 1. The van der Waals surface area contributed by atoms with E-state index >= 15 is 0 Å². The molecule has 2 aromatic heterocycles. The van der Waals surface area contributed by atoms with E-state index in [9.17, 15) is 4.79 Å². The lowest BCUT2D eigenvalue weighted by molar-refractivity contribution is -0.118. The van der Waals surface area contributed by atoms with Gasteiger partial charge in [0.1, 0.15) is 12.1 Å². The van der Waals surface area contributed by atoms with Crippen LogP contribution in [-0.2, 0) is 16.1 Å². The predicted molar refractivity (Wildman–Crippen MR) is 125 cm³/mol. The van der Waals surface area contributed by atoms with Gasteiger partial charge in [-0.1, -0.05) is 43.8 Å². The summed E-state index contributed by atoms with van der Waals surface area (Å²) in [6, 6.07) is 12.3. The second-order valence-electron chi connectivity index (χ2n) is 7.92. The molecule has 3 aromatic rings. The number of carbonyl (C=O) groups excluding carboxylic acids is 1. The highest BCUT2D eigenvalue weighted by molar-refractivity contribution is 7.99. The van der Waals surface area contributed by atoms with Crippen molar-refractivity contribution in [1.82, 2.24) is 25.1 Å². The van der Waals surface area contributed by atoms with Gasteiger partial charge in [-0.15, -0.1) is 10.2 Å². The van der Waals surface area contributed by atoms with Crippen molar-refractivity contribution >= 4 is 23.5 Å². The number of aromatic nitrogens is 4. The molecule has 1 aliphatic rings. The van der Waals surface area contributed by atoms with Gasteiger partial charge in [0.2, 0.25) is 5.91 Å². The van der Waals surface area contributed by atoms with Crippen LogP contribution in [0.25, 0.3) is 5.69 Å². The fraction of sp³-hybridized carbons (Fsp3) is 0.391. The summed E-state index contributed by atoms with van der Waals surface area (Å²) >= 11 is 1.37. The number of pyridine rings is 1. The fourth-order valence-corrected chi connectivity index (χ4v) is 4.16. The minimum atomic E-state index is -0.0584. The number of anilines is 1. The molecule has 1 N–H and O–H groups in total. The first-order valence-electron chi connectivity index (χ1n) is 10.8. The number of morpholine rings is 1. The molecule has 168 valence electrons. The second kappa shape index (κ2) is 10.6. The van der Waals surface area contributed by atoms with Crippen molar-refractivity contribution in [3.63, 3.8) is 0 Å². The Bertz CT molecular complexity index is 1010. The lowest BCUT2D eigenvalue weighted by atomic mass is 10.0. The van der Waals surface area contributed by atoms with E-state index in [4.69, 9.17) is 4.74 Å². The van der Waals surface area contributed by atoms with E-state index in [-0.39, 0.29) is 11.7 Å². The molecule has 4 rings (SSSR count). The molecule has 1 aromatic carbocycles. The van der Waals surface area contributed by atoms with E-state index < -0.39 is 0 Å². The van der Waals surface area contributed by atoms with Gasteiger partial charge in [-0.05, 0) is 35.2 Å². The van der Waals surface area contributed by atoms with Gasteiger partial charge < -0.3 is 15.0 Å². The van der Waals surface area contributed by atoms with Gasteiger partial charge in [0.25, 0.3) is 0 Å². The maximum Gasteiger partial charge on any atom is 0.230 e. The molecule has 0 aliphatic carbocycles. The summed E-state index contributed by atoms with van der Waals surface area (Å²) in [7, 11) is 0. The molecule has 32 heavy (non-hydrogen) atoms.